The summed E-state index contributed by atoms with van der Waals surface area (Å²) in [6, 6.07) is 17.1. The van der Waals surface area contributed by atoms with Gasteiger partial charge < -0.3 is 14.0 Å². The van der Waals surface area contributed by atoms with E-state index in [0.29, 0.717) is 17.5 Å². The summed E-state index contributed by atoms with van der Waals surface area (Å²) in [6.07, 6.45) is 0.647. The number of carbonyl (C=O) groups is 1. The summed E-state index contributed by atoms with van der Waals surface area (Å²) in [6.45, 7) is 2.71. The Morgan fingerprint density at radius 3 is 2.54 bits per heavy atom. The fourth-order valence-electron chi connectivity index (χ4n) is 4.79. The first-order valence-corrected chi connectivity index (χ1v) is 13.2. The molecule has 6 rings (SSSR count). The third-order valence-electron chi connectivity index (χ3n) is 7.31. The third-order valence-corrected chi connectivity index (χ3v) is 7.31. The summed E-state index contributed by atoms with van der Waals surface area (Å²) in [7, 11) is 0. The Kier molecular flexibility index (Phi) is 6.45. The SMILES string of the molecule is C[C@@H](OC(=O)Nc1ccc(-c2cc3ccc(Oc4ncccc4C(F)(F)F)cc3n2CC2CC2)cc1)C1CC1. The topological polar surface area (TPSA) is 65.4 Å². The van der Waals surface area contributed by atoms with Gasteiger partial charge in [-0.1, -0.05) is 12.1 Å². The molecule has 202 valence electrons. The summed E-state index contributed by atoms with van der Waals surface area (Å²) in [5.41, 5.74) is 2.54. The van der Waals surface area contributed by atoms with Gasteiger partial charge in [-0.15, -0.1) is 0 Å². The molecule has 1 amide bonds. The van der Waals surface area contributed by atoms with E-state index in [0.717, 1.165) is 60.5 Å². The summed E-state index contributed by atoms with van der Waals surface area (Å²) in [4.78, 5) is 16.1. The second-order valence-corrected chi connectivity index (χ2v) is 10.4. The van der Waals surface area contributed by atoms with Crippen LogP contribution in [0.5, 0.6) is 11.6 Å². The molecular formula is C30H28F3N3O3. The van der Waals surface area contributed by atoms with Crippen molar-refractivity contribution >= 4 is 22.7 Å². The highest BCUT2D eigenvalue weighted by Crippen LogP contribution is 2.40. The van der Waals surface area contributed by atoms with Crippen LogP contribution in [0.25, 0.3) is 22.2 Å². The highest BCUT2D eigenvalue weighted by Gasteiger charge is 2.35. The normalized spacial score (nSPS) is 16.2. The number of ether oxygens (including phenoxy) is 2. The van der Waals surface area contributed by atoms with Crippen LogP contribution in [0.4, 0.5) is 23.7 Å². The summed E-state index contributed by atoms with van der Waals surface area (Å²) in [5.74, 6) is 0.832. The molecule has 0 saturated heterocycles. The molecule has 2 aromatic heterocycles. The van der Waals surface area contributed by atoms with Gasteiger partial charge in [0.2, 0.25) is 5.88 Å². The summed E-state index contributed by atoms with van der Waals surface area (Å²) < 4.78 is 53.6. The molecule has 0 radical (unpaired) electrons. The first kappa shape index (κ1) is 25.3. The van der Waals surface area contributed by atoms with E-state index in [2.05, 4.69) is 20.9 Å². The molecule has 2 heterocycles. The van der Waals surface area contributed by atoms with Crippen LogP contribution < -0.4 is 10.1 Å². The van der Waals surface area contributed by atoms with Crippen molar-refractivity contribution in [1.82, 2.24) is 9.55 Å². The molecule has 0 aliphatic heterocycles. The third kappa shape index (κ3) is 5.72. The quantitative estimate of drug-likeness (QED) is 0.247. The molecule has 4 aromatic rings. The minimum absolute atomic E-state index is 0.0889. The maximum atomic E-state index is 13.4. The first-order chi connectivity index (χ1) is 18.7. The van der Waals surface area contributed by atoms with Gasteiger partial charge in [0.1, 0.15) is 17.4 Å². The van der Waals surface area contributed by atoms with E-state index in [1.165, 1.54) is 12.3 Å². The number of benzene rings is 2. The Morgan fingerprint density at radius 2 is 1.85 bits per heavy atom. The van der Waals surface area contributed by atoms with E-state index in [1.807, 2.05) is 37.3 Å². The van der Waals surface area contributed by atoms with E-state index in [1.54, 1.807) is 12.1 Å². The molecule has 39 heavy (non-hydrogen) atoms. The number of pyridine rings is 1. The zero-order valence-electron chi connectivity index (χ0n) is 21.4. The molecule has 2 fully saturated rings. The monoisotopic (exact) mass is 535 g/mol. The Hall–Kier alpha value is -4.01. The Balaban J connectivity index is 1.27. The number of fused-ring (bicyclic) bond motifs is 1. The zero-order valence-corrected chi connectivity index (χ0v) is 21.4. The smallest absolute Gasteiger partial charge is 0.421 e. The lowest BCUT2D eigenvalue weighted by molar-refractivity contribution is -0.138. The van der Waals surface area contributed by atoms with E-state index < -0.39 is 23.7 Å². The minimum atomic E-state index is -4.57. The van der Waals surface area contributed by atoms with Gasteiger partial charge in [0.25, 0.3) is 0 Å². The van der Waals surface area contributed by atoms with Crippen molar-refractivity contribution in [3.05, 3.63) is 72.4 Å². The average molecular weight is 536 g/mol. The van der Waals surface area contributed by atoms with Crippen LogP contribution in [0.3, 0.4) is 0 Å². The van der Waals surface area contributed by atoms with Gasteiger partial charge in [-0.3, -0.25) is 5.32 Å². The molecule has 0 spiro atoms. The zero-order chi connectivity index (χ0) is 27.1. The molecular weight excluding hydrogens is 507 g/mol. The number of halogens is 3. The molecule has 2 aliphatic carbocycles. The van der Waals surface area contributed by atoms with Gasteiger partial charge in [0.05, 0.1) is 5.52 Å². The van der Waals surface area contributed by atoms with Crippen molar-refractivity contribution < 1.29 is 27.4 Å². The molecule has 0 bridgehead atoms. The summed E-state index contributed by atoms with van der Waals surface area (Å²) in [5, 5.41) is 3.75. The second kappa shape index (κ2) is 9.94. The van der Waals surface area contributed by atoms with Crippen molar-refractivity contribution in [3.63, 3.8) is 0 Å². The molecule has 9 heteroatoms. The van der Waals surface area contributed by atoms with Crippen molar-refractivity contribution in [3.8, 4) is 22.9 Å². The maximum Gasteiger partial charge on any atom is 0.421 e. The predicted molar refractivity (Wildman–Crippen MR) is 142 cm³/mol. The van der Waals surface area contributed by atoms with E-state index >= 15 is 0 Å². The molecule has 0 unspecified atom stereocenters. The predicted octanol–water partition coefficient (Wildman–Crippen LogP) is 8.27. The Morgan fingerprint density at radius 1 is 1.08 bits per heavy atom. The van der Waals surface area contributed by atoms with Crippen molar-refractivity contribution in [2.45, 2.75) is 51.4 Å². The van der Waals surface area contributed by atoms with Gasteiger partial charge in [-0.2, -0.15) is 13.2 Å². The average Bonchev–Trinajstić information content (AvgIpc) is 3.82. The fraction of sp³-hybridized carbons (Fsp3) is 0.333. The van der Waals surface area contributed by atoms with Gasteiger partial charge in [0, 0.05) is 35.6 Å². The Labute approximate surface area is 223 Å². The van der Waals surface area contributed by atoms with Gasteiger partial charge in [0.15, 0.2) is 0 Å². The van der Waals surface area contributed by atoms with Crippen molar-refractivity contribution in [2.24, 2.45) is 11.8 Å². The lowest BCUT2D eigenvalue weighted by Crippen LogP contribution is -2.21. The maximum absolute atomic E-state index is 13.4. The molecule has 1 N–H and O–H groups in total. The number of alkyl halides is 3. The lowest BCUT2D eigenvalue weighted by atomic mass is 10.1. The van der Waals surface area contributed by atoms with E-state index in [4.69, 9.17) is 9.47 Å². The van der Waals surface area contributed by atoms with Crippen molar-refractivity contribution in [2.75, 3.05) is 5.32 Å². The summed E-state index contributed by atoms with van der Waals surface area (Å²) >= 11 is 0. The van der Waals surface area contributed by atoms with Crippen LogP contribution in [-0.4, -0.2) is 21.7 Å². The molecule has 2 aliphatic rings. The fourth-order valence-corrected chi connectivity index (χ4v) is 4.79. The number of nitrogens with zero attached hydrogens (tertiary/aromatic N) is 2. The Bertz CT molecular complexity index is 1510. The number of rotatable bonds is 8. The van der Waals surface area contributed by atoms with Crippen LogP contribution in [0, 0.1) is 11.8 Å². The highest BCUT2D eigenvalue weighted by atomic mass is 19.4. The molecule has 6 nitrogen and oxygen atoms in total. The lowest BCUT2D eigenvalue weighted by Gasteiger charge is -2.14. The molecule has 1 atom stereocenters. The van der Waals surface area contributed by atoms with Crippen LogP contribution >= 0.6 is 0 Å². The highest BCUT2D eigenvalue weighted by molar-refractivity contribution is 5.89. The van der Waals surface area contributed by atoms with Crippen LogP contribution in [0.2, 0.25) is 0 Å². The molecule has 2 saturated carbocycles. The van der Waals surface area contributed by atoms with E-state index in [9.17, 15) is 18.0 Å². The number of amides is 1. The second-order valence-electron chi connectivity index (χ2n) is 10.4. The number of hydrogen-bond donors (Lipinski definition) is 1. The number of anilines is 1. The van der Waals surface area contributed by atoms with Crippen molar-refractivity contribution in [1.29, 1.82) is 0 Å². The van der Waals surface area contributed by atoms with Gasteiger partial charge >= 0.3 is 12.3 Å². The standard InChI is InChI=1S/C30H28F3N3O3/c1-18(20-6-7-20)38-29(37)35-23-11-8-21(9-12-23)26-15-22-10-13-24(16-27(22)36(26)17-19-4-5-19)39-28-25(30(31,32)33)3-2-14-34-28/h2-3,8-16,18-20H,4-7,17H2,1H3,(H,35,37)/t18-/m1/s1. The van der Waals surface area contributed by atoms with Gasteiger partial charge in [-0.25, -0.2) is 9.78 Å². The van der Waals surface area contributed by atoms with Crippen LogP contribution in [-0.2, 0) is 17.5 Å². The number of hydrogen-bond acceptors (Lipinski definition) is 4. The number of carbonyl (C=O) groups excluding carboxylic acids is 1. The number of aromatic nitrogens is 2. The van der Waals surface area contributed by atoms with Gasteiger partial charge in [-0.05, 0) is 92.5 Å². The largest absolute Gasteiger partial charge is 0.446 e. The van der Waals surface area contributed by atoms with Crippen LogP contribution in [0.15, 0.2) is 66.9 Å². The first-order valence-electron chi connectivity index (χ1n) is 13.2. The van der Waals surface area contributed by atoms with Crippen LogP contribution in [0.1, 0.15) is 38.2 Å². The number of nitrogens with one attached hydrogen (secondary N) is 1. The molecule has 2 aromatic carbocycles. The minimum Gasteiger partial charge on any atom is -0.446 e. The van der Waals surface area contributed by atoms with E-state index in [-0.39, 0.29) is 11.9 Å².